The summed E-state index contributed by atoms with van der Waals surface area (Å²) in [5.74, 6) is 0.464. The van der Waals surface area contributed by atoms with Crippen LogP contribution in [0.3, 0.4) is 0 Å². The molecular formula is C10H16N2O2. The molecule has 1 heterocycles. The summed E-state index contributed by atoms with van der Waals surface area (Å²) in [7, 11) is 1.79. The highest BCUT2D eigenvalue weighted by atomic mass is 16.6. The van der Waals surface area contributed by atoms with E-state index in [1.54, 1.807) is 11.6 Å². The highest BCUT2D eigenvalue weighted by molar-refractivity contribution is 5.87. The van der Waals surface area contributed by atoms with Crippen molar-refractivity contribution in [1.29, 1.82) is 0 Å². The molecule has 0 aliphatic rings. The summed E-state index contributed by atoms with van der Waals surface area (Å²) in [5, 5.41) is 0. The van der Waals surface area contributed by atoms with Gasteiger partial charge in [-0.3, -0.25) is 0 Å². The first kappa shape index (κ1) is 10.8. The lowest BCUT2D eigenvalue weighted by molar-refractivity contribution is 0.00587. The Labute approximate surface area is 83.9 Å². The normalized spacial score (nSPS) is 11.5. The lowest BCUT2D eigenvalue weighted by Gasteiger charge is -2.19. The molecule has 0 aliphatic heterocycles. The van der Waals surface area contributed by atoms with Crippen molar-refractivity contribution in [2.75, 3.05) is 0 Å². The van der Waals surface area contributed by atoms with E-state index in [9.17, 15) is 4.79 Å². The van der Waals surface area contributed by atoms with Crippen LogP contribution in [0.2, 0.25) is 0 Å². The Morgan fingerprint density at radius 1 is 1.50 bits per heavy atom. The summed E-state index contributed by atoms with van der Waals surface area (Å²) in [6.45, 7) is 7.37. The van der Waals surface area contributed by atoms with E-state index in [2.05, 4.69) is 4.98 Å². The number of carbonyl (C=O) groups excluding carboxylic acids is 1. The zero-order valence-electron chi connectivity index (χ0n) is 9.29. The Hall–Kier alpha value is -1.32. The van der Waals surface area contributed by atoms with Crippen molar-refractivity contribution in [1.82, 2.24) is 9.55 Å². The molecule has 0 saturated heterocycles. The third-order valence-electron chi connectivity index (χ3n) is 1.83. The minimum absolute atomic E-state index is 0.333. The Kier molecular flexibility index (Phi) is 2.64. The van der Waals surface area contributed by atoms with Crippen LogP contribution in [0.25, 0.3) is 0 Å². The number of hydrogen-bond donors (Lipinski definition) is 0. The highest BCUT2D eigenvalue weighted by Crippen LogP contribution is 2.12. The summed E-state index contributed by atoms with van der Waals surface area (Å²) in [4.78, 5) is 15.6. The molecule has 0 saturated carbocycles. The number of aromatic nitrogens is 2. The van der Waals surface area contributed by atoms with Crippen LogP contribution in [0.15, 0.2) is 6.20 Å². The number of rotatable bonds is 1. The zero-order chi connectivity index (χ0) is 10.9. The van der Waals surface area contributed by atoms with E-state index in [4.69, 9.17) is 4.74 Å². The molecular weight excluding hydrogens is 180 g/mol. The van der Waals surface area contributed by atoms with Crippen LogP contribution < -0.4 is 0 Å². The van der Waals surface area contributed by atoms with Gasteiger partial charge in [0.25, 0.3) is 0 Å². The molecule has 14 heavy (non-hydrogen) atoms. The van der Waals surface area contributed by atoms with Crippen LogP contribution in [-0.4, -0.2) is 21.1 Å². The van der Waals surface area contributed by atoms with Crippen LogP contribution >= 0.6 is 0 Å². The van der Waals surface area contributed by atoms with E-state index in [0.717, 1.165) is 5.82 Å². The molecule has 0 fully saturated rings. The van der Waals surface area contributed by atoms with Crippen molar-refractivity contribution < 1.29 is 9.53 Å². The fraction of sp³-hybridized carbons (Fsp3) is 0.600. The number of hydrogen-bond acceptors (Lipinski definition) is 3. The molecule has 0 radical (unpaired) electrons. The predicted octanol–water partition coefficient (Wildman–Crippen LogP) is 1.68. The Balaban J connectivity index is 2.86. The van der Waals surface area contributed by atoms with E-state index in [1.807, 2.05) is 27.7 Å². The van der Waals surface area contributed by atoms with E-state index in [-0.39, 0.29) is 5.97 Å². The maximum absolute atomic E-state index is 11.6. The zero-order valence-corrected chi connectivity index (χ0v) is 9.29. The third-order valence-corrected chi connectivity index (χ3v) is 1.83. The van der Waals surface area contributed by atoms with Gasteiger partial charge in [-0.25, -0.2) is 9.78 Å². The number of nitrogens with zero attached hydrogens (tertiary/aromatic N) is 2. The van der Waals surface area contributed by atoms with Crippen LogP contribution in [-0.2, 0) is 11.8 Å². The van der Waals surface area contributed by atoms with Gasteiger partial charge in [-0.15, -0.1) is 0 Å². The Morgan fingerprint density at radius 3 is 2.43 bits per heavy atom. The lowest BCUT2D eigenvalue weighted by Crippen LogP contribution is -2.25. The van der Waals surface area contributed by atoms with Gasteiger partial charge in [-0.1, -0.05) is 0 Å². The Morgan fingerprint density at radius 2 is 2.07 bits per heavy atom. The van der Waals surface area contributed by atoms with Crippen LogP contribution in [0, 0.1) is 6.92 Å². The second-order valence-corrected chi connectivity index (χ2v) is 4.25. The summed E-state index contributed by atoms with van der Waals surface area (Å²) in [6.07, 6.45) is 1.53. The van der Waals surface area contributed by atoms with Crippen LogP contribution in [0.1, 0.15) is 37.1 Å². The van der Waals surface area contributed by atoms with E-state index in [1.165, 1.54) is 6.20 Å². The molecule has 0 bridgehead atoms. The van der Waals surface area contributed by atoms with Gasteiger partial charge in [-0.05, 0) is 27.7 Å². The highest BCUT2D eigenvalue weighted by Gasteiger charge is 2.20. The van der Waals surface area contributed by atoms with Gasteiger partial charge >= 0.3 is 5.97 Å². The first-order chi connectivity index (χ1) is 6.31. The summed E-state index contributed by atoms with van der Waals surface area (Å²) < 4.78 is 6.93. The second-order valence-electron chi connectivity index (χ2n) is 4.25. The number of esters is 1. The number of ether oxygens (including phenoxy) is 1. The maximum atomic E-state index is 11.6. The first-order valence-corrected chi connectivity index (χ1v) is 4.53. The predicted molar refractivity (Wildman–Crippen MR) is 53.1 cm³/mol. The van der Waals surface area contributed by atoms with Gasteiger partial charge in [0.1, 0.15) is 17.1 Å². The molecule has 0 N–H and O–H groups in total. The van der Waals surface area contributed by atoms with Gasteiger partial charge in [0.05, 0.1) is 6.20 Å². The van der Waals surface area contributed by atoms with Gasteiger partial charge in [0.15, 0.2) is 0 Å². The molecule has 0 atom stereocenters. The quantitative estimate of drug-likeness (QED) is 0.642. The molecule has 0 spiro atoms. The van der Waals surface area contributed by atoms with Gasteiger partial charge in [0.2, 0.25) is 0 Å². The largest absolute Gasteiger partial charge is 0.455 e. The van der Waals surface area contributed by atoms with Gasteiger partial charge < -0.3 is 9.30 Å². The molecule has 0 aliphatic carbocycles. The van der Waals surface area contributed by atoms with Crippen molar-refractivity contribution in [2.24, 2.45) is 7.05 Å². The minimum Gasteiger partial charge on any atom is -0.455 e. The minimum atomic E-state index is -0.463. The first-order valence-electron chi connectivity index (χ1n) is 4.53. The van der Waals surface area contributed by atoms with Crippen LogP contribution in [0.5, 0.6) is 0 Å². The standard InChI is InChI=1S/C10H16N2O2/c1-7-11-6-8(12(7)5)9(13)14-10(2,3)4/h6H,1-5H3. The van der Waals surface area contributed by atoms with Crippen molar-refractivity contribution in [3.8, 4) is 0 Å². The van der Waals surface area contributed by atoms with Crippen molar-refractivity contribution >= 4 is 5.97 Å². The summed E-state index contributed by atoms with van der Waals surface area (Å²) in [6, 6.07) is 0. The molecule has 4 heteroatoms. The third kappa shape index (κ3) is 2.34. The number of aryl methyl sites for hydroxylation is 1. The van der Waals surface area contributed by atoms with E-state index >= 15 is 0 Å². The molecule has 0 aromatic carbocycles. The Bertz CT molecular complexity index is 347. The van der Waals surface area contributed by atoms with Crippen molar-refractivity contribution in [2.45, 2.75) is 33.3 Å². The van der Waals surface area contributed by atoms with Gasteiger partial charge in [-0.2, -0.15) is 0 Å². The van der Waals surface area contributed by atoms with Gasteiger partial charge in [0, 0.05) is 7.05 Å². The second kappa shape index (κ2) is 3.44. The molecule has 0 unspecified atom stereocenters. The van der Waals surface area contributed by atoms with E-state index < -0.39 is 5.60 Å². The van der Waals surface area contributed by atoms with E-state index in [0.29, 0.717) is 5.69 Å². The average molecular weight is 196 g/mol. The summed E-state index contributed by atoms with van der Waals surface area (Å²) >= 11 is 0. The molecule has 0 amide bonds. The number of carbonyl (C=O) groups is 1. The molecule has 78 valence electrons. The lowest BCUT2D eigenvalue weighted by atomic mass is 10.2. The fourth-order valence-corrected chi connectivity index (χ4v) is 1.02. The SMILES string of the molecule is Cc1ncc(C(=O)OC(C)(C)C)n1C. The van der Waals surface area contributed by atoms with Crippen molar-refractivity contribution in [3.05, 3.63) is 17.7 Å². The smallest absolute Gasteiger partial charge is 0.357 e. The average Bonchev–Trinajstić information content (AvgIpc) is 2.29. The topological polar surface area (TPSA) is 44.1 Å². The maximum Gasteiger partial charge on any atom is 0.357 e. The molecule has 4 nitrogen and oxygen atoms in total. The number of imidazole rings is 1. The monoisotopic (exact) mass is 196 g/mol. The van der Waals surface area contributed by atoms with Crippen molar-refractivity contribution in [3.63, 3.8) is 0 Å². The fourth-order valence-electron chi connectivity index (χ4n) is 1.02. The van der Waals surface area contributed by atoms with Crippen LogP contribution in [0.4, 0.5) is 0 Å². The molecule has 1 rings (SSSR count). The molecule has 1 aromatic heterocycles. The molecule has 1 aromatic rings. The summed E-state index contributed by atoms with van der Waals surface area (Å²) in [5.41, 5.74) is 0.0207.